The maximum Gasteiger partial charge on any atom is 0.213 e. The van der Waals surface area contributed by atoms with Crippen molar-refractivity contribution >= 4 is 21.4 Å². The van der Waals surface area contributed by atoms with E-state index in [1.165, 1.54) is 0 Å². The minimum atomic E-state index is -3.06. The third kappa shape index (κ3) is 3.40. The number of aromatic nitrogens is 1. The Kier molecular flexibility index (Phi) is 4.62. The number of furan rings is 1. The highest BCUT2D eigenvalue weighted by Gasteiger charge is 2.25. The largest absolute Gasteiger partial charge is 0.463 e. The number of piperazine rings is 1. The Morgan fingerprint density at radius 1 is 1.32 bits per heavy atom. The van der Waals surface area contributed by atoms with E-state index in [9.17, 15) is 8.42 Å². The Labute approximate surface area is 134 Å². The van der Waals surface area contributed by atoms with Gasteiger partial charge in [0.15, 0.2) is 5.76 Å². The molecule has 1 fully saturated rings. The first kappa shape index (κ1) is 15.7. The molecule has 2 aromatic rings. The summed E-state index contributed by atoms with van der Waals surface area (Å²) in [5.74, 6) is 0.952. The second-order valence-electron chi connectivity index (χ2n) is 5.18. The first-order chi connectivity index (χ1) is 10.6. The molecule has 0 atom stereocenters. The monoisotopic (exact) mass is 341 g/mol. The summed E-state index contributed by atoms with van der Waals surface area (Å²) in [4.78, 5) is 6.82. The summed E-state index contributed by atoms with van der Waals surface area (Å²) in [6.45, 7) is 5.06. The van der Waals surface area contributed by atoms with Gasteiger partial charge in [-0.1, -0.05) is 0 Å². The van der Waals surface area contributed by atoms with Gasteiger partial charge in [-0.2, -0.15) is 4.31 Å². The van der Waals surface area contributed by atoms with Crippen LogP contribution in [0.5, 0.6) is 0 Å². The highest BCUT2D eigenvalue weighted by molar-refractivity contribution is 7.89. The quantitative estimate of drug-likeness (QED) is 0.830. The summed E-state index contributed by atoms with van der Waals surface area (Å²) >= 11 is 1.61. The fraction of sp³-hybridized carbons (Fsp3) is 0.500. The highest BCUT2D eigenvalue weighted by Crippen LogP contribution is 2.23. The summed E-state index contributed by atoms with van der Waals surface area (Å²) in [5.41, 5.74) is 0.859. The van der Waals surface area contributed by atoms with Gasteiger partial charge in [-0.05, 0) is 19.1 Å². The summed E-state index contributed by atoms with van der Waals surface area (Å²) in [6, 6.07) is 3.74. The van der Waals surface area contributed by atoms with E-state index in [1.807, 2.05) is 17.5 Å². The fourth-order valence-electron chi connectivity index (χ4n) is 2.46. The molecule has 0 amide bonds. The van der Waals surface area contributed by atoms with Crippen LogP contribution in [0.2, 0.25) is 0 Å². The van der Waals surface area contributed by atoms with E-state index in [1.54, 1.807) is 28.8 Å². The van der Waals surface area contributed by atoms with Crippen LogP contribution < -0.4 is 0 Å². The molecule has 8 heteroatoms. The zero-order chi connectivity index (χ0) is 15.6. The van der Waals surface area contributed by atoms with Gasteiger partial charge in [-0.15, -0.1) is 11.3 Å². The van der Waals surface area contributed by atoms with Gasteiger partial charge in [-0.25, -0.2) is 13.4 Å². The summed E-state index contributed by atoms with van der Waals surface area (Å²) in [5, 5.41) is 3.02. The maximum atomic E-state index is 11.8. The molecule has 0 radical (unpaired) electrons. The van der Waals surface area contributed by atoms with Gasteiger partial charge < -0.3 is 4.42 Å². The molecule has 0 aliphatic carbocycles. The molecule has 0 N–H and O–H groups in total. The SMILES string of the molecule is CCS(=O)(=O)N1CCN(Cc2nc(-c3ccco3)cs2)CC1. The number of sulfonamides is 1. The van der Waals surface area contributed by atoms with Gasteiger partial charge >= 0.3 is 0 Å². The van der Waals surface area contributed by atoms with E-state index in [2.05, 4.69) is 9.88 Å². The molecule has 22 heavy (non-hydrogen) atoms. The highest BCUT2D eigenvalue weighted by atomic mass is 32.2. The van der Waals surface area contributed by atoms with Crippen LogP contribution in [-0.2, 0) is 16.6 Å². The predicted molar refractivity (Wildman–Crippen MR) is 86.1 cm³/mol. The molecule has 0 bridgehead atoms. The van der Waals surface area contributed by atoms with Gasteiger partial charge in [0, 0.05) is 31.6 Å². The molecule has 3 heterocycles. The molecule has 0 saturated carbocycles. The van der Waals surface area contributed by atoms with Crippen molar-refractivity contribution in [2.75, 3.05) is 31.9 Å². The summed E-state index contributed by atoms with van der Waals surface area (Å²) in [6.07, 6.45) is 1.64. The molecule has 0 spiro atoms. The molecule has 1 aliphatic rings. The van der Waals surface area contributed by atoms with E-state index in [4.69, 9.17) is 4.42 Å². The van der Waals surface area contributed by atoms with Crippen molar-refractivity contribution < 1.29 is 12.8 Å². The van der Waals surface area contributed by atoms with Gasteiger partial charge in [0.1, 0.15) is 10.7 Å². The Morgan fingerprint density at radius 2 is 2.09 bits per heavy atom. The Morgan fingerprint density at radius 3 is 2.73 bits per heavy atom. The zero-order valence-corrected chi connectivity index (χ0v) is 14.1. The molecular weight excluding hydrogens is 322 g/mol. The van der Waals surface area contributed by atoms with E-state index in [-0.39, 0.29) is 5.75 Å². The molecule has 1 aliphatic heterocycles. The average Bonchev–Trinajstić information content (AvgIpc) is 3.18. The van der Waals surface area contributed by atoms with Crippen molar-refractivity contribution in [3.63, 3.8) is 0 Å². The van der Waals surface area contributed by atoms with Crippen LogP contribution >= 0.6 is 11.3 Å². The van der Waals surface area contributed by atoms with Crippen LogP contribution in [0.1, 0.15) is 11.9 Å². The van der Waals surface area contributed by atoms with Crippen LogP contribution in [0.3, 0.4) is 0 Å². The number of nitrogens with zero attached hydrogens (tertiary/aromatic N) is 3. The molecule has 2 aromatic heterocycles. The molecule has 3 rings (SSSR count). The van der Waals surface area contributed by atoms with Crippen LogP contribution in [0.4, 0.5) is 0 Å². The number of thiazole rings is 1. The van der Waals surface area contributed by atoms with Gasteiger partial charge in [0.05, 0.1) is 18.6 Å². The predicted octanol–water partition coefficient (Wildman–Crippen LogP) is 1.87. The standard InChI is InChI=1S/C14H19N3O3S2/c1-2-22(18,19)17-7-5-16(6-8-17)10-14-15-12(11-21-14)13-4-3-9-20-13/h3-4,9,11H,2,5-8,10H2,1H3. The zero-order valence-electron chi connectivity index (χ0n) is 12.4. The van der Waals surface area contributed by atoms with Crippen LogP contribution in [-0.4, -0.2) is 54.5 Å². The smallest absolute Gasteiger partial charge is 0.213 e. The second kappa shape index (κ2) is 6.49. The van der Waals surface area contributed by atoms with Crippen LogP contribution in [0, 0.1) is 0 Å². The van der Waals surface area contributed by atoms with Crippen molar-refractivity contribution in [1.82, 2.24) is 14.2 Å². The first-order valence-corrected chi connectivity index (χ1v) is 9.76. The normalized spacial score (nSPS) is 17.9. The van der Waals surface area contributed by atoms with E-state index in [0.29, 0.717) is 13.1 Å². The second-order valence-corrected chi connectivity index (χ2v) is 8.38. The lowest BCUT2D eigenvalue weighted by Gasteiger charge is -2.33. The average molecular weight is 341 g/mol. The van der Waals surface area contributed by atoms with Gasteiger partial charge in [0.2, 0.25) is 10.0 Å². The van der Waals surface area contributed by atoms with Gasteiger partial charge in [0.25, 0.3) is 0 Å². The minimum Gasteiger partial charge on any atom is -0.463 e. The van der Waals surface area contributed by atoms with Crippen molar-refractivity contribution in [3.05, 3.63) is 28.8 Å². The molecule has 0 unspecified atom stereocenters. The summed E-state index contributed by atoms with van der Waals surface area (Å²) < 4.78 is 30.6. The third-order valence-corrected chi connectivity index (χ3v) is 6.49. The first-order valence-electron chi connectivity index (χ1n) is 7.27. The molecule has 0 aromatic carbocycles. The fourth-order valence-corrected chi connectivity index (χ4v) is 4.37. The Balaban J connectivity index is 1.57. The molecule has 120 valence electrons. The topological polar surface area (TPSA) is 66.7 Å². The number of hydrogen-bond acceptors (Lipinski definition) is 6. The Bertz CT molecular complexity index is 702. The third-order valence-electron chi connectivity index (χ3n) is 3.77. The summed E-state index contributed by atoms with van der Waals surface area (Å²) in [7, 11) is -3.06. The molecule has 1 saturated heterocycles. The maximum absolute atomic E-state index is 11.8. The van der Waals surface area contributed by atoms with Crippen LogP contribution in [0.25, 0.3) is 11.5 Å². The van der Waals surface area contributed by atoms with Crippen LogP contribution in [0.15, 0.2) is 28.2 Å². The van der Waals surface area contributed by atoms with Crippen molar-refractivity contribution in [3.8, 4) is 11.5 Å². The molecule has 6 nitrogen and oxygen atoms in total. The number of hydrogen-bond donors (Lipinski definition) is 0. The number of rotatable bonds is 5. The lowest BCUT2D eigenvalue weighted by molar-refractivity contribution is 0.181. The minimum absolute atomic E-state index is 0.173. The van der Waals surface area contributed by atoms with Crippen molar-refractivity contribution in [2.45, 2.75) is 13.5 Å². The lowest BCUT2D eigenvalue weighted by atomic mass is 10.3. The van der Waals surface area contributed by atoms with E-state index in [0.717, 1.165) is 36.1 Å². The molecular formula is C14H19N3O3S2. The lowest BCUT2D eigenvalue weighted by Crippen LogP contribution is -2.48. The van der Waals surface area contributed by atoms with Gasteiger partial charge in [-0.3, -0.25) is 4.90 Å². The Hall–Kier alpha value is -1.22. The van der Waals surface area contributed by atoms with E-state index < -0.39 is 10.0 Å². The van der Waals surface area contributed by atoms with Crippen molar-refractivity contribution in [1.29, 1.82) is 0 Å². The van der Waals surface area contributed by atoms with E-state index >= 15 is 0 Å². The van der Waals surface area contributed by atoms with Crippen molar-refractivity contribution in [2.24, 2.45) is 0 Å².